The molecule has 0 aliphatic heterocycles. The summed E-state index contributed by atoms with van der Waals surface area (Å²) in [6.45, 7) is 4.48. The predicted octanol–water partition coefficient (Wildman–Crippen LogP) is 1.84. The number of nitrogens with zero attached hydrogens (tertiary/aromatic N) is 1. The zero-order chi connectivity index (χ0) is 15.5. The summed E-state index contributed by atoms with van der Waals surface area (Å²) in [6, 6.07) is 6.18. The van der Waals surface area contributed by atoms with E-state index in [-0.39, 0.29) is 11.9 Å². The molecule has 0 aromatic heterocycles. The maximum atomic E-state index is 12.9. The van der Waals surface area contributed by atoms with Gasteiger partial charge in [-0.15, -0.1) is 0 Å². The molecule has 1 unspecified atom stereocenters. The Hall–Kier alpha value is -1.66. The molecule has 0 spiro atoms. The van der Waals surface area contributed by atoms with E-state index in [1.54, 1.807) is 19.2 Å². The number of nitrogens with one attached hydrogen (secondary N) is 1. The summed E-state index contributed by atoms with van der Waals surface area (Å²) in [5.74, 6) is 0.100. The van der Waals surface area contributed by atoms with Crippen molar-refractivity contribution in [3.05, 3.63) is 35.6 Å². The molecule has 1 aromatic carbocycles. The summed E-state index contributed by atoms with van der Waals surface area (Å²) in [7, 11) is 1.59. The van der Waals surface area contributed by atoms with Gasteiger partial charge in [0.25, 0.3) is 0 Å². The van der Waals surface area contributed by atoms with Crippen LogP contribution in [0, 0.1) is 5.82 Å². The van der Waals surface area contributed by atoms with E-state index < -0.39 is 0 Å². The Bertz CT molecular complexity index is 423. The maximum Gasteiger partial charge on any atom is 0.188 e. The van der Waals surface area contributed by atoms with Crippen molar-refractivity contribution in [1.29, 1.82) is 0 Å². The highest BCUT2D eigenvalue weighted by atomic mass is 19.1. The minimum Gasteiger partial charge on any atom is -0.382 e. The van der Waals surface area contributed by atoms with E-state index in [1.165, 1.54) is 12.1 Å². The minimum absolute atomic E-state index is 0.241. The van der Waals surface area contributed by atoms with Gasteiger partial charge in [0.05, 0.1) is 6.54 Å². The Morgan fingerprint density at radius 3 is 2.71 bits per heavy atom. The van der Waals surface area contributed by atoms with Crippen LogP contribution in [0.25, 0.3) is 0 Å². The number of ether oxygens (including phenoxy) is 2. The molecule has 0 saturated heterocycles. The molecule has 1 aromatic rings. The summed E-state index contributed by atoms with van der Waals surface area (Å²) >= 11 is 0. The molecule has 0 fully saturated rings. The van der Waals surface area contributed by atoms with E-state index in [2.05, 4.69) is 10.3 Å². The molecule has 0 aliphatic carbocycles. The highest BCUT2D eigenvalue weighted by Crippen LogP contribution is 2.17. The SMILES string of the molecule is CCOCCCNC(N)=NCC(OC)c1ccc(F)cc1. The minimum atomic E-state index is -0.271. The molecule has 5 nitrogen and oxygen atoms in total. The first-order valence-corrected chi connectivity index (χ1v) is 7.07. The monoisotopic (exact) mass is 297 g/mol. The molecular weight excluding hydrogens is 273 g/mol. The van der Waals surface area contributed by atoms with Crippen molar-refractivity contribution in [1.82, 2.24) is 5.32 Å². The van der Waals surface area contributed by atoms with Crippen molar-refractivity contribution >= 4 is 5.96 Å². The molecule has 21 heavy (non-hydrogen) atoms. The fourth-order valence-electron chi connectivity index (χ4n) is 1.77. The summed E-state index contributed by atoms with van der Waals surface area (Å²) in [4.78, 5) is 4.24. The van der Waals surface area contributed by atoms with Crippen molar-refractivity contribution in [2.75, 3.05) is 33.4 Å². The van der Waals surface area contributed by atoms with Gasteiger partial charge >= 0.3 is 0 Å². The smallest absolute Gasteiger partial charge is 0.188 e. The van der Waals surface area contributed by atoms with Gasteiger partial charge in [-0.1, -0.05) is 12.1 Å². The second kappa shape index (κ2) is 10.1. The molecule has 0 amide bonds. The number of hydrogen-bond donors (Lipinski definition) is 2. The van der Waals surface area contributed by atoms with Crippen LogP contribution < -0.4 is 11.1 Å². The van der Waals surface area contributed by atoms with Crippen molar-refractivity contribution < 1.29 is 13.9 Å². The standard InChI is InChI=1S/C15H24FN3O2/c1-3-21-10-4-9-18-15(17)19-11-14(20-2)12-5-7-13(16)8-6-12/h5-8,14H,3-4,9-11H2,1-2H3,(H3,17,18,19). The molecule has 0 bridgehead atoms. The topological polar surface area (TPSA) is 68.9 Å². The lowest BCUT2D eigenvalue weighted by Gasteiger charge is -2.14. The third-order valence-corrected chi connectivity index (χ3v) is 2.93. The van der Waals surface area contributed by atoms with Crippen molar-refractivity contribution in [3.8, 4) is 0 Å². The molecule has 0 saturated carbocycles. The summed E-state index contributed by atoms with van der Waals surface area (Å²) in [5, 5.41) is 3.01. The van der Waals surface area contributed by atoms with Crippen molar-refractivity contribution in [3.63, 3.8) is 0 Å². The molecule has 1 rings (SSSR count). The van der Waals surface area contributed by atoms with Crippen LogP contribution in [0.5, 0.6) is 0 Å². The Morgan fingerprint density at radius 2 is 2.10 bits per heavy atom. The van der Waals surface area contributed by atoms with Crippen LogP contribution in [-0.2, 0) is 9.47 Å². The lowest BCUT2D eigenvalue weighted by atomic mass is 10.1. The zero-order valence-electron chi connectivity index (χ0n) is 12.6. The van der Waals surface area contributed by atoms with Crippen LogP contribution in [0.15, 0.2) is 29.3 Å². The van der Waals surface area contributed by atoms with E-state index >= 15 is 0 Å². The summed E-state index contributed by atoms with van der Waals surface area (Å²) < 4.78 is 23.5. The zero-order valence-corrected chi connectivity index (χ0v) is 12.6. The number of guanidine groups is 1. The average Bonchev–Trinajstić information content (AvgIpc) is 2.49. The summed E-state index contributed by atoms with van der Waals surface area (Å²) in [6.07, 6.45) is 0.629. The molecule has 0 heterocycles. The number of nitrogens with two attached hydrogens (primary N) is 1. The Balaban J connectivity index is 2.38. The normalized spacial score (nSPS) is 13.2. The van der Waals surface area contributed by atoms with Crippen LogP contribution in [0.4, 0.5) is 4.39 Å². The lowest BCUT2D eigenvalue weighted by molar-refractivity contribution is 0.111. The van der Waals surface area contributed by atoms with Gasteiger partial charge in [0.1, 0.15) is 11.9 Å². The molecule has 118 valence electrons. The van der Waals surface area contributed by atoms with E-state index in [9.17, 15) is 4.39 Å². The number of benzene rings is 1. The Kier molecular flexibility index (Phi) is 8.38. The van der Waals surface area contributed by atoms with Crippen molar-refractivity contribution in [2.24, 2.45) is 10.7 Å². The quantitative estimate of drug-likeness (QED) is 0.414. The van der Waals surface area contributed by atoms with Gasteiger partial charge < -0.3 is 20.5 Å². The Labute approximate surface area is 125 Å². The lowest BCUT2D eigenvalue weighted by Crippen LogP contribution is -2.33. The second-order valence-corrected chi connectivity index (χ2v) is 4.48. The summed E-state index contributed by atoms with van der Waals surface area (Å²) in [5.41, 5.74) is 6.64. The van der Waals surface area contributed by atoms with E-state index in [0.29, 0.717) is 25.7 Å². The van der Waals surface area contributed by atoms with Gasteiger partial charge in [-0.05, 0) is 31.0 Å². The average molecular weight is 297 g/mol. The third-order valence-electron chi connectivity index (χ3n) is 2.93. The number of hydrogen-bond acceptors (Lipinski definition) is 3. The molecule has 1 atom stereocenters. The maximum absolute atomic E-state index is 12.9. The largest absolute Gasteiger partial charge is 0.382 e. The van der Waals surface area contributed by atoms with Gasteiger partial charge in [0, 0.05) is 26.9 Å². The van der Waals surface area contributed by atoms with Gasteiger partial charge in [0.2, 0.25) is 0 Å². The van der Waals surface area contributed by atoms with Crippen LogP contribution in [0.2, 0.25) is 0 Å². The van der Waals surface area contributed by atoms with Crippen LogP contribution in [0.1, 0.15) is 25.0 Å². The first kappa shape index (κ1) is 17.4. The highest BCUT2D eigenvalue weighted by Gasteiger charge is 2.09. The molecule has 0 aliphatic rings. The number of aliphatic imine (C=N–C) groups is 1. The predicted molar refractivity (Wildman–Crippen MR) is 81.8 cm³/mol. The van der Waals surface area contributed by atoms with Gasteiger partial charge in [-0.3, -0.25) is 4.99 Å². The Morgan fingerprint density at radius 1 is 1.38 bits per heavy atom. The van der Waals surface area contributed by atoms with Gasteiger partial charge in [-0.2, -0.15) is 0 Å². The number of rotatable bonds is 9. The fraction of sp³-hybridized carbons (Fsp3) is 0.533. The molecular formula is C15H24FN3O2. The first-order valence-electron chi connectivity index (χ1n) is 7.07. The van der Waals surface area contributed by atoms with E-state index in [1.807, 2.05) is 6.92 Å². The van der Waals surface area contributed by atoms with Crippen LogP contribution in [-0.4, -0.2) is 39.4 Å². The fourth-order valence-corrected chi connectivity index (χ4v) is 1.77. The molecule has 0 radical (unpaired) electrons. The van der Waals surface area contributed by atoms with E-state index in [0.717, 1.165) is 18.6 Å². The molecule has 6 heteroatoms. The molecule has 3 N–H and O–H groups in total. The number of halogens is 1. The van der Waals surface area contributed by atoms with Gasteiger partial charge in [0.15, 0.2) is 5.96 Å². The van der Waals surface area contributed by atoms with Crippen LogP contribution in [0.3, 0.4) is 0 Å². The first-order chi connectivity index (χ1) is 10.2. The van der Waals surface area contributed by atoms with Gasteiger partial charge in [-0.25, -0.2) is 4.39 Å². The van der Waals surface area contributed by atoms with E-state index in [4.69, 9.17) is 15.2 Å². The van der Waals surface area contributed by atoms with Crippen LogP contribution >= 0.6 is 0 Å². The highest BCUT2D eigenvalue weighted by molar-refractivity contribution is 5.77. The van der Waals surface area contributed by atoms with Crippen molar-refractivity contribution in [2.45, 2.75) is 19.4 Å². The second-order valence-electron chi connectivity index (χ2n) is 4.48. The number of methoxy groups -OCH3 is 1. The third kappa shape index (κ3) is 7.06.